The molecule has 6 heteroatoms. The number of aromatic nitrogens is 4. The number of benzene rings is 2. The Morgan fingerprint density at radius 3 is 2.37 bits per heavy atom. The van der Waals surface area contributed by atoms with E-state index in [-0.39, 0.29) is 0 Å². The molecule has 8 rings (SSSR count). The highest BCUT2D eigenvalue weighted by Crippen LogP contribution is 2.36. The summed E-state index contributed by atoms with van der Waals surface area (Å²) in [5, 5.41) is 8.85. The Hall–Kier alpha value is -3.87. The van der Waals surface area contributed by atoms with Crippen molar-refractivity contribution in [1.82, 2.24) is 25.1 Å². The summed E-state index contributed by atoms with van der Waals surface area (Å²) in [7, 11) is 0. The molecule has 3 atom stereocenters. The lowest BCUT2D eigenvalue weighted by Gasteiger charge is -2.34. The van der Waals surface area contributed by atoms with Crippen molar-refractivity contribution in [2.24, 2.45) is 0 Å². The van der Waals surface area contributed by atoms with Crippen molar-refractivity contribution in [3.05, 3.63) is 89.2 Å². The molecule has 5 heterocycles. The van der Waals surface area contributed by atoms with Gasteiger partial charge in [-0.1, -0.05) is 48.5 Å². The van der Waals surface area contributed by atoms with E-state index >= 15 is 0 Å². The molecule has 1 N–H and O–H groups in total. The van der Waals surface area contributed by atoms with Crippen molar-refractivity contribution < 1.29 is 4.74 Å². The summed E-state index contributed by atoms with van der Waals surface area (Å²) < 4.78 is 5.87. The third kappa shape index (κ3) is 4.46. The number of pyridine rings is 2. The standard InChI is InChI=1S/C35H35N5O/c1-21-3-4-22(2)37-33(21)24-6-8-25(9-7-24)34-32-16-28(18-36-35(32)39-38-34)27-10-5-23-11-13-29(14-12-26(23)15-27)40-19-31-17-30(40)20-41-31/h3-10,15-16,18,29-31H,11-14,17,19-20H2,1-2H3,(H,36,38,39)/t29-,30-,31-/m0/s1. The maximum atomic E-state index is 5.87. The first-order chi connectivity index (χ1) is 20.1. The predicted molar refractivity (Wildman–Crippen MR) is 163 cm³/mol. The van der Waals surface area contributed by atoms with E-state index in [1.165, 1.54) is 41.5 Å². The van der Waals surface area contributed by atoms with Crippen LogP contribution in [0.4, 0.5) is 0 Å². The molecule has 41 heavy (non-hydrogen) atoms. The average molecular weight is 542 g/mol. The SMILES string of the molecule is Cc1ccc(C)c(-c2ccc(-c3n[nH]c4ncc(-c5ccc6c(c5)CC[C@@H](N5C[C@@H]7C[C@H]5CO7)CC6)cc34)cc2)n1. The van der Waals surface area contributed by atoms with Crippen molar-refractivity contribution in [2.45, 2.75) is 64.1 Å². The van der Waals surface area contributed by atoms with Gasteiger partial charge in [0.1, 0.15) is 5.69 Å². The van der Waals surface area contributed by atoms with Crippen molar-refractivity contribution in [2.75, 3.05) is 13.2 Å². The van der Waals surface area contributed by atoms with E-state index < -0.39 is 0 Å². The first kappa shape index (κ1) is 24.9. The highest BCUT2D eigenvalue weighted by atomic mass is 16.5. The van der Waals surface area contributed by atoms with Gasteiger partial charge in [-0.15, -0.1) is 0 Å². The third-order valence-electron chi connectivity index (χ3n) is 9.53. The number of nitrogens with zero attached hydrogens (tertiary/aromatic N) is 4. The number of rotatable bonds is 4. The monoisotopic (exact) mass is 541 g/mol. The quantitative estimate of drug-likeness (QED) is 0.257. The van der Waals surface area contributed by atoms with Gasteiger partial charge in [0.25, 0.3) is 0 Å². The zero-order chi connectivity index (χ0) is 27.5. The lowest BCUT2D eigenvalue weighted by atomic mass is 9.96. The highest BCUT2D eigenvalue weighted by molar-refractivity contribution is 5.93. The fourth-order valence-corrected chi connectivity index (χ4v) is 7.26. The molecular formula is C35H35N5O. The molecule has 0 amide bonds. The molecule has 2 aromatic carbocycles. The molecule has 6 nitrogen and oxygen atoms in total. The molecule has 2 bridgehead atoms. The fraction of sp³-hybridized carbons (Fsp3) is 0.343. The molecular weight excluding hydrogens is 506 g/mol. The van der Waals surface area contributed by atoms with Gasteiger partial charge in [-0.25, -0.2) is 4.98 Å². The van der Waals surface area contributed by atoms with Crippen LogP contribution in [0.3, 0.4) is 0 Å². The number of aryl methyl sites for hydroxylation is 4. The maximum absolute atomic E-state index is 5.87. The second-order valence-electron chi connectivity index (χ2n) is 12.1. The largest absolute Gasteiger partial charge is 0.375 e. The van der Waals surface area contributed by atoms with Crippen LogP contribution in [0.1, 0.15) is 41.6 Å². The Kier molecular flexibility index (Phi) is 6.01. The minimum Gasteiger partial charge on any atom is -0.375 e. The van der Waals surface area contributed by atoms with E-state index in [2.05, 4.69) is 82.7 Å². The maximum Gasteiger partial charge on any atom is 0.155 e. The number of fused-ring (bicyclic) bond motifs is 4. The van der Waals surface area contributed by atoms with Crippen molar-refractivity contribution in [3.8, 4) is 33.6 Å². The lowest BCUT2D eigenvalue weighted by Crippen LogP contribution is -2.44. The summed E-state index contributed by atoms with van der Waals surface area (Å²) in [4.78, 5) is 12.3. The zero-order valence-corrected chi connectivity index (χ0v) is 23.7. The molecule has 1 aliphatic carbocycles. The number of nitrogens with one attached hydrogen (secondary N) is 1. The predicted octanol–water partition coefficient (Wildman–Crippen LogP) is 6.69. The van der Waals surface area contributed by atoms with Gasteiger partial charge in [0.05, 0.1) is 18.4 Å². The molecule has 5 aromatic rings. The summed E-state index contributed by atoms with van der Waals surface area (Å²) in [6.07, 6.45) is 8.45. The Morgan fingerprint density at radius 2 is 1.59 bits per heavy atom. The van der Waals surface area contributed by atoms with Crippen LogP contribution >= 0.6 is 0 Å². The van der Waals surface area contributed by atoms with Gasteiger partial charge < -0.3 is 4.74 Å². The Morgan fingerprint density at radius 1 is 0.805 bits per heavy atom. The summed E-state index contributed by atoms with van der Waals surface area (Å²) in [6.45, 7) is 6.20. The van der Waals surface area contributed by atoms with Crippen molar-refractivity contribution in [1.29, 1.82) is 0 Å². The first-order valence-corrected chi connectivity index (χ1v) is 15.0. The average Bonchev–Trinajstić information content (AvgIpc) is 3.71. The van der Waals surface area contributed by atoms with E-state index in [0.29, 0.717) is 18.2 Å². The van der Waals surface area contributed by atoms with Gasteiger partial charge in [-0.05, 0) is 80.3 Å². The van der Waals surface area contributed by atoms with E-state index in [1.54, 1.807) is 0 Å². The molecule has 2 aliphatic heterocycles. The van der Waals surface area contributed by atoms with Gasteiger partial charge in [0.15, 0.2) is 5.65 Å². The van der Waals surface area contributed by atoms with Gasteiger partial charge in [0, 0.05) is 52.6 Å². The van der Waals surface area contributed by atoms with Crippen LogP contribution in [0.2, 0.25) is 0 Å². The number of aromatic amines is 1. The van der Waals surface area contributed by atoms with Crippen LogP contribution in [0, 0.1) is 13.8 Å². The first-order valence-electron chi connectivity index (χ1n) is 15.0. The summed E-state index contributed by atoms with van der Waals surface area (Å²) in [5.74, 6) is 0. The van der Waals surface area contributed by atoms with E-state index in [9.17, 15) is 0 Å². The van der Waals surface area contributed by atoms with Crippen LogP contribution < -0.4 is 0 Å². The van der Waals surface area contributed by atoms with E-state index in [0.717, 1.165) is 70.8 Å². The lowest BCUT2D eigenvalue weighted by molar-refractivity contribution is 0.00854. The van der Waals surface area contributed by atoms with Crippen LogP contribution in [-0.2, 0) is 17.6 Å². The molecule has 2 fully saturated rings. The molecule has 0 saturated carbocycles. The van der Waals surface area contributed by atoms with Crippen LogP contribution in [0.15, 0.2) is 66.9 Å². The molecule has 0 spiro atoms. The van der Waals surface area contributed by atoms with Crippen molar-refractivity contribution >= 4 is 11.0 Å². The van der Waals surface area contributed by atoms with Crippen LogP contribution in [0.25, 0.3) is 44.7 Å². The Balaban J connectivity index is 1.06. The minimum atomic E-state index is 0.472. The summed E-state index contributed by atoms with van der Waals surface area (Å²) in [6, 6.07) is 23.3. The second-order valence-corrected chi connectivity index (χ2v) is 12.1. The smallest absolute Gasteiger partial charge is 0.155 e. The second kappa shape index (κ2) is 9.89. The topological polar surface area (TPSA) is 66.9 Å². The summed E-state index contributed by atoms with van der Waals surface area (Å²) in [5.41, 5.74) is 12.5. The fourth-order valence-electron chi connectivity index (χ4n) is 7.26. The van der Waals surface area contributed by atoms with Crippen molar-refractivity contribution in [3.63, 3.8) is 0 Å². The van der Waals surface area contributed by atoms with Gasteiger partial charge >= 0.3 is 0 Å². The molecule has 0 radical (unpaired) electrons. The van der Waals surface area contributed by atoms with Gasteiger partial charge in [0.2, 0.25) is 0 Å². The molecule has 3 aromatic heterocycles. The number of morpholine rings is 1. The van der Waals surface area contributed by atoms with E-state index in [1.807, 2.05) is 13.1 Å². The molecule has 206 valence electrons. The number of likely N-dealkylation sites (tertiary alicyclic amines) is 1. The summed E-state index contributed by atoms with van der Waals surface area (Å²) >= 11 is 0. The number of hydrogen-bond acceptors (Lipinski definition) is 5. The molecule has 2 saturated heterocycles. The van der Waals surface area contributed by atoms with Crippen LogP contribution in [-0.4, -0.2) is 56.4 Å². The number of hydrogen-bond donors (Lipinski definition) is 1. The Labute approximate surface area is 240 Å². The number of H-pyrrole nitrogens is 1. The van der Waals surface area contributed by atoms with Gasteiger partial charge in [-0.3, -0.25) is 15.0 Å². The molecule has 3 aliphatic rings. The van der Waals surface area contributed by atoms with Crippen LogP contribution in [0.5, 0.6) is 0 Å². The minimum absolute atomic E-state index is 0.472. The normalized spacial score (nSPS) is 22.2. The molecule has 0 unspecified atom stereocenters. The Bertz CT molecular complexity index is 1760. The van der Waals surface area contributed by atoms with Gasteiger partial charge in [-0.2, -0.15) is 5.10 Å². The number of ether oxygens (including phenoxy) is 1. The van der Waals surface area contributed by atoms with E-state index in [4.69, 9.17) is 14.7 Å². The third-order valence-corrected chi connectivity index (χ3v) is 9.53. The zero-order valence-electron chi connectivity index (χ0n) is 23.7. The highest BCUT2D eigenvalue weighted by Gasteiger charge is 2.42.